The van der Waals surface area contributed by atoms with Crippen molar-refractivity contribution in [2.24, 2.45) is 0 Å². The van der Waals surface area contributed by atoms with Crippen molar-refractivity contribution in [1.82, 2.24) is 9.97 Å². The van der Waals surface area contributed by atoms with E-state index in [1.807, 2.05) is 18.2 Å². The summed E-state index contributed by atoms with van der Waals surface area (Å²) in [6.45, 7) is 4.26. The molecule has 1 fully saturated rings. The lowest BCUT2D eigenvalue weighted by molar-refractivity contribution is 0.475. The number of anilines is 3. The SMILES string of the molecule is CC[C@H](C)Nc1nc(Nc2ccc(O)cc2)cc(C2CC2)n1. The van der Waals surface area contributed by atoms with Crippen LogP contribution in [0.2, 0.25) is 0 Å². The van der Waals surface area contributed by atoms with Crippen LogP contribution in [-0.2, 0) is 0 Å². The van der Waals surface area contributed by atoms with Crippen LogP contribution in [0.5, 0.6) is 5.75 Å². The summed E-state index contributed by atoms with van der Waals surface area (Å²) in [4.78, 5) is 9.19. The number of nitrogens with one attached hydrogen (secondary N) is 2. The minimum absolute atomic E-state index is 0.256. The number of rotatable bonds is 6. The van der Waals surface area contributed by atoms with E-state index < -0.39 is 0 Å². The summed E-state index contributed by atoms with van der Waals surface area (Å²) in [6.07, 6.45) is 3.44. The summed E-state index contributed by atoms with van der Waals surface area (Å²) in [6, 6.07) is 9.34. The maximum atomic E-state index is 9.35. The molecule has 5 heteroatoms. The Morgan fingerprint density at radius 2 is 1.95 bits per heavy atom. The maximum Gasteiger partial charge on any atom is 0.225 e. The topological polar surface area (TPSA) is 70.1 Å². The summed E-state index contributed by atoms with van der Waals surface area (Å²) in [5, 5.41) is 16.0. The first-order valence-corrected chi connectivity index (χ1v) is 7.85. The summed E-state index contributed by atoms with van der Waals surface area (Å²) in [5.74, 6) is 2.29. The normalized spacial score (nSPS) is 15.4. The fourth-order valence-electron chi connectivity index (χ4n) is 2.20. The van der Waals surface area contributed by atoms with Crippen LogP contribution in [0.1, 0.15) is 44.7 Å². The molecular weight excluding hydrogens is 276 g/mol. The highest BCUT2D eigenvalue weighted by molar-refractivity contribution is 5.58. The van der Waals surface area contributed by atoms with Crippen LogP contribution in [0.15, 0.2) is 30.3 Å². The molecule has 1 heterocycles. The second kappa shape index (κ2) is 6.22. The van der Waals surface area contributed by atoms with Gasteiger partial charge >= 0.3 is 0 Å². The molecule has 1 aliphatic carbocycles. The molecule has 0 aliphatic heterocycles. The highest BCUT2D eigenvalue weighted by Gasteiger charge is 2.26. The van der Waals surface area contributed by atoms with E-state index in [1.54, 1.807) is 12.1 Å². The molecule has 0 spiro atoms. The standard InChI is InChI=1S/C17H22N4O/c1-3-11(2)18-17-20-15(12-4-5-12)10-16(21-17)19-13-6-8-14(22)9-7-13/h6-12,22H,3-5H2,1-2H3,(H2,18,19,20,21)/t11-/m0/s1. The Morgan fingerprint density at radius 1 is 1.23 bits per heavy atom. The van der Waals surface area contributed by atoms with E-state index in [4.69, 9.17) is 0 Å². The maximum absolute atomic E-state index is 9.35. The average Bonchev–Trinajstić information content (AvgIpc) is 3.34. The zero-order chi connectivity index (χ0) is 15.5. The van der Waals surface area contributed by atoms with Gasteiger partial charge in [0.15, 0.2) is 0 Å². The van der Waals surface area contributed by atoms with E-state index in [9.17, 15) is 5.11 Å². The molecule has 0 unspecified atom stereocenters. The van der Waals surface area contributed by atoms with E-state index in [2.05, 4.69) is 34.4 Å². The summed E-state index contributed by atoms with van der Waals surface area (Å²) in [7, 11) is 0. The number of benzene rings is 1. The molecule has 0 amide bonds. The predicted octanol–water partition coefficient (Wildman–Crippen LogP) is 4.01. The smallest absolute Gasteiger partial charge is 0.225 e. The van der Waals surface area contributed by atoms with Gasteiger partial charge in [-0.3, -0.25) is 0 Å². The Bertz CT molecular complexity index is 638. The first-order valence-electron chi connectivity index (χ1n) is 7.85. The molecule has 0 radical (unpaired) electrons. The molecular formula is C17H22N4O. The lowest BCUT2D eigenvalue weighted by Gasteiger charge is -2.14. The van der Waals surface area contributed by atoms with Crippen molar-refractivity contribution in [3.63, 3.8) is 0 Å². The number of aromatic nitrogens is 2. The minimum Gasteiger partial charge on any atom is -0.508 e. The van der Waals surface area contributed by atoms with E-state index >= 15 is 0 Å². The molecule has 22 heavy (non-hydrogen) atoms. The van der Waals surface area contributed by atoms with Crippen molar-refractivity contribution in [2.45, 2.75) is 45.1 Å². The zero-order valence-corrected chi connectivity index (χ0v) is 13.0. The second-order valence-electron chi connectivity index (χ2n) is 5.90. The molecule has 1 aliphatic rings. The van der Waals surface area contributed by atoms with Crippen molar-refractivity contribution in [3.8, 4) is 5.75 Å². The van der Waals surface area contributed by atoms with Crippen LogP contribution in [0, 0.1) is 0 Å². The molecule has 2 aromatic rings. The number of phenolic OH excluding ortho intramolecular Hbond substituents is 1. The fourth-order valence-corrected chi connectivity index (χ4v) is 2.20. The Labute approximate surface area is 130 Å². The average molecular weight is 298 g/mol. The number of hydrogen-bond donors (Lipinski definition) is 3. The van der Waals surface area contributed by atoms with Gasteiger partial charge in [0.1, 0.15) is 11.6 Å². The quantitative estimate of drug-likeness (QED) is 0.703. The van der Waals surface area contributed by atoms with Crippen LogP contribution >= 0.6 is 0 Å². The molecule has 0 bridgehead atoms. The molecule has 116 valence electrons. The van der Waals surface area contributed by atoms with Crippen LogP contribution in [0.25, 0.3) is 0 Å². The Kier molecular flexibility index (Phi) is 4.13. The Hall–Kier alpha value is -2.30. The zero-order valence-electron chi connectivity index (χ0n) is 13.0. The van der Waals surface area contributed by atoms with Gasteiger partial charge in [-0.1, -0.05) is 6.92 Å². The monoisotopic (exact) mass is 298 g/mol. The van der Waals surface area contributed by atoms with Crippen molar-refractivity contribution in [2.75, 3.05) is 10.6 Å². The third kappa shape index (κ3) is 3.67. The molecule has 3 N–H and O–H groups in total. The number of nitrogens with zero attached hydrogens (tertiary/aromatic N) is 2. The first-order chi connectivity index (χ1) is 10.6. The van der Waals surface area contributed by atoms with Crippen LogP contribution in [0.4, 0.5) is 17.5 Å². The van der Waals surface area contributed by atoms with Crippen molar-refractivity contribution in [3.05, 3.63) is 36.0 Å². The third-order valence-corrected chi connectivity index (χ3v) is 3.87. The Balaban J connectivity index is 1.83. The van der Waals surface area contributed by atoms with Gasteiger partial charge in [0.2, 0.25) is 5.95 Å². The second-order valence-corrected chi connectivity index (χ2v) is 5.90. The van der Waals surface area contributed by atoms with Gasteiger partial charge in [0, 0.05) is 23.7 Å². The van der Waals surface area contributed by atoms with Gasteiger partial charge in [-0.25, -0.2) is 4.98 Å². The van der Waals surface area contributed by atoms with Gasteiger partial charge in [-0.05, 0) is 50.5 Å². The first kappa shape index (κ1) is 14.6. The van der Waals surface area contributed by atoms with Crippen LogP contribution in [-0.4, -0.2) is 21.1 Å². The fraction of sp³-hybridized carbons (Fsp3) is 0.412. The minimum atomic E-state index is 0.256. The van der Waals surface area contributed by atoms with E-state index in [0.717, 1.165) is 23.6 Å². The van der Waals surface area contributed by atoms with Gasteiger partial charge in [0.25, 0.3) is 0 Å². The van der Waals surface area contributed by atoms with E-state index in [-0.39, 0.29) is 5.75 Å². The molecule has 5 nitrogen and oxygen atoms in total. The van der Waals surface area contributed by atoms with Gasteiger partial charge in [0.05, 0.1) is 5.69 Å². The Morgan fingerprint density at radius 3 is 2.59 bits per heavy atom. The molecule has 1 aromatic heterocycles. The van der Waals surface area contributed by atoms with E-state index in [1.165, 1.54) is 12.8 Å². The lowest BCUT2D eigenvalue weighted by Crippen LogP contribution is -2.16. The van der Waals surface area contributed by atoms with Crippen LogP contribution in [0.3, 0.4) is 0 Å². The predicted molar refractivity (Wildman–Crippen MR) is 88.8 cm³/mol. The van der Waals surface area contributed by atoms with Gasteiger partial charge < -0.3 is 15.7 Å². The lowest BCUT2D eigenvalue weighted by atomic mass is 10.2. The van der Waals surface area contributed by atoms with Gasteiger partial charge in [-0.2, -0.15) is 4.98 Å². The molecule has 1 saturated carbocycles. The summed E-state index contributed by atoms with van der Waals surface area (Å²) >= 11 is 0. The highest BCUT2D eigenvalue weighted by Crippen LogP contribution is 2.40. The number of phenols is 1. The third-order valence-electron chi connectivity index (χ3n) is 3.87. The number of hydrogen-bond acceptors (Lipinski definition) is 5. The largest absolute Gasteiger partial charge is 0.508 e. The van der Waals surface area contributed by atoms with Crippen molar-refractivity contribution in [1.29, 1.82) is 0 Å². The molecule has 0 saturated heterocycles. The molecule has 1 aromatic carbocycles. The molecule has 3 rings (SSSR count). The number of aromatic hydroxyl groups is 1. The van der Waals surface area contributed by atoms with Crippen LogP contribution < -0.4 is 10.6 Å². The molecule has 1 atom stereocenters. The summed E-state index contributed by atoms with van der Waals surface area (Å²) < 4.78 is 0. The van der Waals surface area contributed by atoms with Crippen molar-refractivity contribution >= 4 is 17.5 Å². The van der Waals surface area contributed by atoms with E-state index in [0.29, 0.717) is 17.9 Å². The van der Waals surface area contributed by atoms with Crippen molar-refractivity contribution < 1.29 is 5.11 Å². The van der Waals surface area contributed by atoms with Gasteiger partial charge in [-0.15, -0.1) is 0 Å². The highest BCUT2D eigenvalue weighted by atomic mass is 16.3. The summed E-state index contributed by atoms with van der Waals surface area (Å²) in [5.41, 5.74) is 2.00.